The summed E-state index contributed by atoms with van der Waals surface area (Å²) < 4.78 is 13.7. The van der Waals surface area contributed by atoms with Crippen LogP contribution in [-0.4, -0.2) is 28.0 Å². The van der Waals surface area contributed by atoms with Gasteiger partial charge in [0.15, 0.2) is 0 Å². The molecule has 3 rings (SSSR count). The van der Waals surface area contributed by atoms with E-state index in [1.807, 2.05) is 24.5 Å². The molecule has 0 bridgehead atoms. The van der Waals surface area contributed by atoms with Crippen LogP contribution in [0.25, 0.3) is 0 Å². The van der Waals surface area contributed by atoms with Crippen molar-refractivity contribution in [3.8, 4) is 0 Å². The summed E-state index contributed by atoms with van der Waals surface area (Å²) in [6.45, 7) is 5.22. The molecule has 0 radical (unpaired) electrons. The summed E-state index contributed by atoms with van der Waals surface area (Å²) in [5.74, 6) is 1.55. The largest absolute Gasteiger partial charge is 0.299 e. The van der Waals surface area contributed by atoms with Crippen LogP contribution in [0.5, 0.6) is 0 Å². The molecule has 1 saturated heterocycles. The van der Waals surface area contributed by atoms with Crippen molar-refractivity contribution in [1.82, 2.24) is 14.9 Å². The topological polar surface area (TPSA) is 29.0 Å². The van der Waals surface area contributed by atoms with Gasteiger partial charge in [-0.1, -0.05) is 25.1 Å². The van der Waals surface area contributed by atoms with Crippen molar-refractivity contribution >= 4 is 0 Å². The Hall–Kier alpha value is -1.81. The summed E-state index contributed by atoms with van der Waals surface area (Å²) in [5, 5.41) is 0. The molecule has 128 valence electrons. The first-order chi connectivity index (χ1) is 11.7. The summed E-state index contributed by atoms with van der Waals surface area (Å²) >= 11 is 0. The lowest BCUT2D eigenvalue weighted by atomic mass is 9.90. The molecule has 24 heavy (non-hydrogen) atoms. The second-order valence-electron chi connectivity index (χ2n) is 6.71. The monoisotopic (exact) mass is 327 g/mol. The summed E-state index contributed by atoms with van der Waals surface area (Å²) in [7, 11) is 0. The van der Waals surface area contributed by atoms with Crippen LogP contribution in [0.2, 0.25) is 0 Å². The maximum Gasteiger partial charge on any atom is 0.127 e. The summed E-state index contributed by atoms with van der Waals surface area (Å²) in [6, 6.07) is 7.15. The Labute approximate surface area is 143 Å². The highest BCUT2D eigenvalue weighted by atomic mass is 19.1. The highest BCUT2D eigenvalue weighted by Crippen LogP contribution is 2.24. The van der Waals surface area contributed by atoms with Crippen molar-refractivity contribution < 1.29 is 4.39 Å². The fourth-order valence-electron chi connectivity index (χ4n) is 3.40. The fourth-order valence-corrected chi connectivity index (χ4v) is 3.40. The fraction of sp³-hybridized carbons (Fsp3) is 0.500. The number of hydrogen-bond acceptors (Lipinski definition) is 3. The Morgan fingerprint density at radius 1 is 1.12 bits per heavy atom. The molecule has 0 spiro atoms. The van der Waals surface area contributed by atoms with Gasteiger partial charge in [0.2, 0.25) is 0 Å². The van der Waals surface area contributed by atoms with Crippen LogP contribution in [0.4, 0.5) is 4.39 Å². The summed E-state index contributed by atoms with van der Waals surface area (Å²) in [5.41, 5.74) is 2.05. The SMILES string of the molecule is CCc1ncc(CN2CCC(CCc3ccccc3F)CC2)cn1. The first-order valence-electron chi connectivity index (χ1n) is 9.00. The Morgan fingerprint density at radius 3 is 2.50 bits per heavy atom. The van der Waals surface area contributed by atoms with E-state index in [0.29, 0.717) is 5.92 Å². The minimum atomic E-state index is -0.0644. The van der Waals surface area contributed by atoms with E-state index < -0.39 is 0 Å². The van der Waals surface area contributed by atoms with Crippen molar-refractivity contribution in [3.63, 3.8) is 0 Å². The molecule has 0 atom stereocenters. The first kappa shape index (κ1) is 17.0. The Morgan fingerprint density at radius 2 is 1.83 bits per heavy atom. The number of halogens is 1. The molecule has 4 heteroatoms. The maximum atomic E-state index is 13.7. The average Bonchev–Trinajstić information content (AvgIpc) is 2.63. The van der Waals surface area contributed by atoms with Crippen molar-refractivity contribution in [2.24, 2.45) is 5.92 Å². The van der Waals surface area contributed by atoms with Crippen molar-refractivity contribution in [3.05, 3.63) is 59.4 Å². The molecule has 0 unspecified atom stereocenters. The zero-order chi connectivity index (χ0) is 16.8. The molecule has 0 amide bonds. The lowest BCUT2D eigenvalue weighted by Gasteiger charge is -2.32. The van der Waals surface area contributed by atoms with Gasteiger partial charge in [0.1, 0.15) is 11.6 Å². The molecule has 2 heterocycles. The van der Waals surface area contributed by atoms with E-state index in [1.165, 1.54) is 18.4 Å². The first-order valence-corrected chi connectivity index (χ1v) is 9.00. The average molecular weight is 327 g/mol. The number of hydrogen-bond donors (Lipinski definition) is 0. The number of nitrogens with zero attached hydrogens (tertiary/aromatic N) is 3. The Balaban J connectivity index is 1.43. The third-order valence-corrected chi connectivity index (χ3v) is 4.97. The molecule has 1 aliphatic heterocycles. The van der Waals surface area contributed by atoms with Gasteiger partial charge in [-0.2, -0.15) is 0 Å². The van der Waals surface area contributed by atoms with Crippen LogP contribution >= 0.6 is 0 Å². The predicted molar refractivity (Wildman–Crippen MR) is 94.1 cm³/mol. The van der Waals surface area contributed by atoms with Gasteiger partial charge in [0, 0.05) is 30.9 Å². The molecule has 1 aliphatic rings. The number of aryl methyl sites for hydroxylation is 2. The third kappa shape index (κ3) is 4.60. The second-order valence-corrected chi connectivity index (χ2v) is 6.71. The van der Waals surface area contributed by atoms with Gasteiger partial charge in [-0.05, 0) is 56.3 Å². The minimum absolute atomic E-state index is 0.0644. The van der Waals surface area contributed by atoms with Gasteiger partial charge in [0.25, 0.3) is 0 Å². The van der Waals surface area contributed by atoms with Crippen LogP contribution in [0.3, 0.4) is 0 Å². The predicted octanol–water partition coefficient (Wildman–Crippen LogP) is 4.02. The Kier molecular flexibility index (Phi) is 5.91. The van der Waals surface area contributed by atoms with E-state index in [1.54, 1.807) is 12.1 Å². The molecular weight excluding hydrogens is 301 g/mol. The van der Waals surface area contributed by atoms with Crippen LogP contribution in [0.1, 0.15) is 43.1 Å². The van der Waals surface area contributed by atoms with Crippen LogP contribution in [-0.2, 0) is 19.4 Å². The van der Waals surface area contributed by atoms with Gasteiger partial charge in [-0.15, -0.1) is 0 Å². The lowest BCUT2D eigenvalue weighted by Crippen LogP contribution is -2.33. The molecule has 0 aliphatic carbocycles. The van der Waals surface area contributed by atoms with E-state index in [-0.39, 0.29) is 5.82 Å². The van der Waals surface area contributed by atoms with Crippen molar-refractivity contribution in [2.45, 2.75) is 45.6 Å². The quantitative estimate of drug-likeness (QED) is 0.802. The zero-order valence-electron chi connectivity index (χ0n) is 14.4. The van der Waals surface area contributed by atoms with Gasteiger partial charge in [-0.3, -0.25) is 4.90 Å². The van der Waals surface area contributed by atoms with Gasteiger partial charge >= 0.3 is 0 Å². The molecule has 0 N–H and O–H groups in total. The molecule has 1 aromatic heterocycles. The summed E-state index contributed by atoms with van der Waals surface area (Å²) in [6.07, 6.45) is 9.12. The van der Waals surface area contributed by atoms with Crippen LogP contribution in [0.15, 0.2) is 36.7 Å². The standard InChI is InChI=1S/C20H26FN3/c1-2-20-22-13-17(14-23-20)15-24-11-9-16(10-12-24)7-8-18-5-3-4-6-19(18)21/h3-6,13-14,16H,2,7-12,15H2,1H3. The van der Waals surface area contributed by atoms with Gasteiger partial charge in [-0.25, -0.2) is 14.4 Å². The van der Waals surface area contributed by atoms with Crippen molar-refractivity contribution in [2.75, 3.05) is 13.1 Å². The number of likely N-dealkylation sites (tertiary alicyclic amines) is 1. The highest BCUT2D eigenvalue weighted by Gasteiger charge is 2.19. The van der Waals surface area contributed by atoms with Crippen LogP contribution in [0, 0.1) is 11.7 Å². The molecule has 2 aromatic rings. The molecule has 3 nitrogen and oxygen atoms in total. The van der Waals surface area contributed by atoms with Gasteiger partial charge in [0.05, 0.1) is 0 Å². The molecule has 1 fully saturated rings. The van der Waals surface area contributed by atoms with E-state index >= 15 is 0 Å². The zero-order valence-corrected chi connectivity index (χ0v) is 14.4. The van der Waals surface area contributed by atoms with E-state index in [2.05, 4.69) is 21.8 Å². The molecular formula is C20H26FN3. The highest BCUT2D eigenvalue weighted by molar-refractivity contribution is 5.17. The second kappa shape index (κ2) is 8.34. The Bertz CT molecular complexity index is 634. The number of benzene rings is 1. The molecule has 1 aromatic carbocycles. The van der Waals surface area contributed by atoms with Gasteiger partial charge < -0.3 is 0 Å². The third-order valence-electron chi connectivity index (χ3n) is 4.97. The maximum absolute atomic E-state index is 13.7. The van der Waals surface area contributed by atoms with Crippen LogP contribution < -0.4 is 0 Å². The summed E-state index contributed by atoms with van der Waals surface area (Å²) in [4.78, 5) is 11.2. The normalized spacial score (nSPS) is 16.4. The minimum Gasteiger partial charge on any atom is -0.299 e. The van der Waals surface area contributed by atoms with Crippen molar-refractivity contribution in [1.29, 1.82) is 0 Å². The van der Waals surface area contributed by atoms with E-state index in [9.17, 15) is 4.39 Å². The molecule has 0 saturated carbocycles. The number of aromatic nitrogens is 2. The van der Waals surface area contributed by atoms with E-state index in [4.69, 9.17) is 0 Å². The smallest absolute Gasteiger partial charge is 0.127 e. The number of rotatable bonds is 6. The van der Waals surface area contributed by atoms with E-state index in [0.717, 1.165) is 50.3 Å². The lowest BCUT2D eigenvalue weighted by molar-refractivity contribution is 0.172. The number of piperidine rings is 1.